The molecule has 0 aliphatic heterocycles. The number of rotatable bonds is 11. The van der Waals surface area contributed by atoms with Crippen molar-refractivity contribution in [3.63, 3.8) is 0 Å². The Balaban J connectivity index is 0.00000247. The Bertz CT molecular complexity index is 1330. The average molecular weight is 522 g/mol. The molecular weight excluding hydrogens is 486 g/mol. The highest BCUT2D eigenvalue weighted by molar-refractivity contribution is 6.51. The van der Waals surface area contributed by atoms with Crippen LogP contribution in [0.2, 0.25) is 0 Å². The van der Waals surface area contributed by atoms with Gasteiger partial charge >= 0.3 is 5.97 Å². The first-order valence-corrected chi connectivity index (χ1v) is 12.6. The van der Waals surface area contributed by atoms with Gasteiger partial charge in [-0.25, -0.2) is 4.79 Å². The van der Waals surface area contributed by atoms with Crippen LogP contribution in [0.3, 0.4) is 0 Å². The van der Waals surface area contributed by atoms with Crippen molar-refractivity contribution < 1.29 is 24.1 Å². The molecule has 38 heavy (non-hydrogen) atoms. The highest BCUT2D eigenvalue weighted by Crippen LogP contribution is 2.29. The number of fused-ring (bicyclic) bond motifs is 1. The second-order valence-electron chi connectivity index (χ2n) is 8.19. The maximum atomic E-state index is 13.5. The molecule has 0 bridgehead atoms. The van der Waals surface area contributed by atoms with E-state index in [1.54, 1.807) is 48.6 Å². The zero-order valence-electron chi connectivity index (χ0n) is 22.8. The SMILES string of the molecule is CC.CCOCCn1c(/C=C\C(C)[N+](=O)[O-])c(C)c2cc(C(=O)/C(=N/OC(C)=O)c3ccccc3)ccc21. The van der Waals surface area contributed by atoms with Gasteiger partial charge in [-0.05, 0) is 49.8 Å². The molecule has 1 heterocycles. The van der Waals surface area contributed by atoms with Crippen molar-refractivity contribution in [2.75, 3.05) is 13.2 Å². The standard InChI is InChI=1S/C27H29N3O6.C2H6/c1-5-35-16-15-29-24(13-11-18(2)30(33)34)19(3)23-17-22(12-14-25(23)29)27(32)26(28-36-20(4)31)21-9-7-6-8-10-21;1-2/h6-14,17-18H,5,15-16H2,1-4H3;1-2H3/b13-11-,28-26+;. The number of carbonyl (C=O) groups is 2. The molecule has 1 aromatic heterocycles. The van der Waals surface area contributed by atoms with Crippen molar-refractivity contribution in [2.24, 2.45) is 5.16 Å². The number of nitrogens with zero attached hydrogens (tertiary/aromatic N) is 3. The molecule has 0 saturated heterocycles. The fourth-order valence-electron chi connectivity index (χ4n) is 3.81. The summed E-state index contributed by atoms with van der Waals surface area (Å²) in [5.74, 6) is -1.03. The number of hydrogen-bond donors (Lipinski definition) is 0. The molecule has 0 spiro atoms. The van der Waals surface area contributed by atoms with E-state index in [-0.39, 0.29) is 10.6 Å². The number of nitro groups is 1. The number of ketones is 1. The largest absolute Gasteiger partial charge is 0.380 e. The third-order valence-electron chi connectivity index (χ3n) is 5.68. The van der Waals surface area contributed by atoms with Crippen molar-refractivity contribution in [3.8, 4) is 0 Å². The quantitative estimate of drug-likeness (QED) is 0.0782. The number of ether oxygens (including phenoxy) is 1. The van der Waals surface area contributed by atoms with Gasteiger partial charge < -0.3 is 14.1 Å². The molecule has 0 amide bonds. The van der Waals surface area contributed by atoms with Crippen molar-refractivity contribution in [2.45, 2.75) is 54.1 Å². The van der Waals surface area contributed by atoms with Crippen LogP contribution in [0.1, 0.15) is 61.8 Å². The van der Waals surface area contributed by atoms with Crippen LogP contribution < -0.4 is 0 Å². The molecule has 1 atom stereocenters. The number of oxime groups is 1. The summed E-state index contributed by atoms with van der Waals surface area (Å²) in [4.78, 5) is 40.4. The maximum absolute atomic E-state index is 13.5. The first kappa shape index (κ1) is 30.1. The van der Waals surface area contributed by atoms with Crippen molar-refractivity contribution >= 4 is 34.4 Å². The van der Waals surface area contributed by atoms with E-state index >= 15 is 0 Å². The molecular formula is C29H35N3O6. The highest BCUT2D eigenvalue weighted by atomic mass is 16.7. The molecule has 3 rings (SSSR count). The van der Waals surface area contributed by atoms with Crippen molar-refractivity contribution in [1.29, 1.82) is 0 Å². The van der Waals surface area contributed by atoms with Crippen LogP contribution in [0.4, 0.5) is 0 Å². The zero-order valence-corrected chi connectivity index (χ0v) is 22.8. The van der Waals surface area contributed by atoms with Crippen molar-refractivity contribution in [3.05, 3.63) is 87.1 Å². The molecule has 0 aliphatic rings. The molecule has 0 fully saturated rings. The average Bonchev–Trinajstić information content (AvgIpc) is 3.18. The highest BCUT2D eigenvalue weighted by Gasteiger charge is 2.21. The van der Waals surface area contributed by atoms with Gasteiger partial charge in [0.25, 0.3) is 0 Å². The van der Waals surface area contributed by atoms with Gasteiger partial charge in [0.1, 0.15) is 0 Å². The van der Waals surface area contributed by atoms with Gasteiger partial charge in [-0.3, -0.25) is 14.9 Å². The lowest BCUT2D eigenvalue weighted by Crippen LogP contribution is -2.17. The molecule has 0 aliphatic carbocycles. The smallest absolute Gasteiger partial charge is 0.332 e. The molecule has 202 valence electrons. The van der Waals surface area contributed by atoms with E-state index in [0.717, 1.165) is 22.2 Å². The number of aryl methyl sites for hydroxylation is 1. The molecule has 1 unspecified atom stereocenters. The summed E-state index contributed by atoms with van der Waals surface area (Å²) in [7, 11) is 0. The van der Waals surface area contributed by atoms with E-state index in [1.165, 1.54) is 13.8 Å². The number of benzene rings is 2. The minimum atomic E-state index is -0.842. The third kappa shape index (κ3) is 7.45. The van der Waals surface area contributed by atoms with Gasteiger partial charge in [-0.1, -0.05) is 49.3 Å². The predicted octanol–water partition coefficient (Wildman–Crippen LogP) is 5.84. The van der Waals surface area contributed by atoms with E-state index in [4.69, 9.17) is 9.57 Å². The number of carbonyl (C=O) groups excluding carboxylic acids is 2. The van der Waals surface area contributed by atoms with E-state index in [0.29, 0.717) is 30.9 Å². The Labute approximate surface area is 222 Å². The first-order chi connectivity index (χ1) is 18.2. The Morgan fingerprint density at radius 2 is 1.82 bits per heavy atom. The van der Waals surface area contributed by atoms with Crippen LogP contribution in [0.15, 0.2) is 59.8 Å². The van der Waals surface area contributed by atoms with Crippen LogP contribution in [-0.2, 0) is 20.9 Å². The van der Waals surface area contributed by atoms with Gasteiger partial charge in [0.2, 0.25) is 11.8 Å². The zero-order chi connectivity index (χ0) is 28.2. The van der Waals surface area contributed by atoms with Crippen LogP contribution >= 0.6 is 0 Å². The predicted molar refractivity (Wildman–Crippen MR) is 149 cm³/mol. The molecule has 9 heteroatoms. The van der Waals surface area contributed by atoms with Gasteiger partial charge in [-0.2, -0.15) is 0 Å². The van der Waals surface area contributed by atoms with E-state index < -0.39 is 17.8 Å². The summed E-state index contributed by atoms with van der Waals surface area (Å²) < 4.78 is 7.57. The molecule has 2 aromatic carbocycles. The second kappa shape index (κ2) is 14.6. The lowest BCUT2D eigenvalue weighted by molar-refractivity contribution is -0.504. The second-order valence-corrected chi connectivity index (χ2v) is 8.19. The number of Topliss-reactive ketones (excluding diaryl/α,β-unsaturated/α-hetero) is 1. The minimum Gasteiger partial charge on any atom is -0.380 e. The summed E-state index contributed by atoms with van der Waals surface area (Å²) in [5, 5.41) is 15.8. The van der Waals surface area contributed by atoms with Gasteiger partial charge in [0, 0.05) is 59.6 Å². The van der Waals surface area contributed by atoms with E-state index in [2.05, 4.69) is 5.16 Å². The Hall–Kier alpha value is -4.11. The van der Waals surface area contributed by atoms with Crippen molar-refractivity contribution in [1.82, 2.24) is 4.57 Å². The number of aromatic nitrogens is 1. The molecule has 3 aromatic rings. The lowest BCUT2D eigenvalue weighted by Gasteiger charge is -2.10. The van der Waals surface area contributed by atoms with Crippen LogP contribution in [-0.4, -0.2) is 46.2 Å². The topological polar surface area (TPSA) is 113 Å². The Kier molecular flexibility index (Phi) is 11.6. The monoisotopic (exact) mass is 521 g/mol. The summed E-state index contributed by atoms with van der Waals surface area (Å²) in [6, 6.07) is 13.2. The summed E-state index contributed by atoms with van der Waals surface area (Å²) >= 11 is 0. The van der Waals surface area contributed by atoms with Gasteiger partial charge in [0.05, 0.1) is 6.61 Å². The molecule has 0 saturated carbocycles. The number of hydrogen-bond acceptors (Lipinski definition) is 7. The Morgan fingerprint density at radius 1 is 1.13 bits per heavy atom. The molecule has 0 N–H and O–H groups in total. The summed E-state index contributed by atoms with van der Waals surface area (Å²) in [6.07, 6.45) is 3.29. The van der Waals surface area contributed by atoms with Crippen LogP contribution in [0.25, 0.3) is 17.0 Å². The first-order valence-electron chi connectivity index (χ1n) is 12.6. The maximum Gasteiger partial charge on any atom is 0.332 e. The van der Waals surface area contributed by atoms with E-state index in [9.17, 15) is 19.7 Å². The van der Waals surface area contributed by atoms with Crippen LogP contribution in [0.5, 0.6) is 0 Å². The Morgan fingerprint density at radius 3 is 2.42 bits per heavy atom. The van der Waals surface area contributed by atoms with Gasteiger partial charge in [-0.15, -0.1) is 0 Å². The third-order valence-corrected chi connectivity index (χ3v) is 5.68. The van der Waals surface area contributed by atoms with Gasteiger partial charge in [0.15, 0.2) is 5.71 Å². The minimum absolute atomic E-state index is 0.0125. The summed E-state index contributed by atoms with van der Waals surface area (Å²) in [6.45, 7) is 12.1. The normalized spacial score (nSPS) is 12.2. The molecule has 0 radical (unpaired) electrons. The summed E-state index contributed by atoms with van der Waals surface area (Å²) in [5.41, 5.74) is 3.46. The fourth-order valence-corrected chi connectivity index (χ4v) is 3.81. The fraction of sp³-hybridized carbons (Fsp3) is 0.345. The van der Waals surface area contributed by atoms with Crippen LogP contribution in [0, 0.1) is 17.0 Å². The lowest BCUT2D eigenvalue weighted by atomic mass is 9.99. The van der Waals surface area contributed by atoms with E-state index in [1.807, 2.05) is 44.4 Å². The molecule has 9 nitrogen and oxygen atoms in total.